The van der Waals surface area contributed by atoms with Gasteiger partial charge >= 0.3 is 68.8 Å². The summed E-state index contributed by atoms with van der Waals surface area (Å²) in [6.45, 7) is 0. The number of hydrogen-bond donors (Lipinski definition) is 0. The van der Waals surface area contributed by atoms with Gasteiger partial charge in [-0.2, -0.15) is 0 Å². The molecule has 0 atom stereocenters. The van der Waals surface area contributed by atoms with Crippen LogP contribution in [-0.4, -0.2) is 23.1 Å². The first-order valence-corrected chi connectivity index (χ1v) is 4.43. The summed E-state index contributed by atoms with van der Waals surface area (Å²) in [5, 5.41) is 1.02. The van der Waals surface area contributed by atoms with Crippen molar-refractivity contribution >= 4 is 16.0 Å². The molecule has 0 saturated heterocycles. The first-order chi connectivity index (χ1) is 4.86. The zero-order chi connectivity index (χ0) is 7.40. The van der Waals surface area contributed by atoms with Crippen molar-refractivity contribution in [3.63, 3.8) is 0 Å². The van der Waals surface area contributed by atoms with E-state index in [1.807, 2.05) is 12.1 Å². The topological polar surface area (TPSA) is 9.23 Å². The molecule has 0 saturated carbocycles. The van der Waals surface area contributed by atoms with E-state index in [1.54, 1.807) is 7.11 Å². The molecule has 1 aromatic carbocycles. The van der Waals surface area contributed by atoms with Crippen LogP contribution in [0.1, 0.15) is 5.56 Å². The van der Waals surface area contributed by atoms with E-state index in [0.29, 0.717) is 0 Å². The molecule has 0 heterocycles. The molecule has 0 aliphatic rings. The molecule has 1 aromatic rings. The van der Waals surface area contributed by atoms with Gasteiger partial charge in [0.1, 0.15) is 0 Å². The van der Waals surface area contributed by atoms with Crippen LogP contribution in [0.4, 0.5) is 0 Å². The third-order valence-corrected chi connectivity index (χ3v) is 2.11. The summed E-state index contributed by atoms with van der Waals surface area (Å²) >= 11 is 2.55. The Kier molecular flexibility index (Phi) is 2.79. The fraction of sp³-hybridized carbons (Fsp3) is 0.250. The van der Waals surface area contributed by atoms with Gasteiger partial charge in [-0.25, -0.2) is 0 Å². The Morgan fingerprint density at radius 1 is 1.30 bits per heavy atom. The maximum atomic E-state index is 5.01. The molecule has 1 nitrogen and oxygen atoms in total. The van der Waals surface area contributed by atoms with Crippen LogP contribution in [0.5, 0.6) is 5.75 Å². The van der Waals surface area contributed by atoms with E-state index in [9.17, 15) is 0 Å². The summed E-state index contributed by atoms with van der Waals surface area (Å²) in [4.78, 5) is 0. The van der Waals surface area contributed by atoms with Crippen molar-refractivity contribution in [1.29, 1.82) is 0 Å². The van der Waals surface area contributed by atoms with Crippen molar-refractivity contribution in [1.82, 2.24) is 0 Å². The quantitative estimate of drug-likeness (QED) is 0.651. The van der Waals surface area contributed by atoms with E-state index in [-0.39, 0.29) is 0 Å². The Labute approximate surface area is 69.2 Å². The van der Waals surface area contributed by atoms with Crippen LogP contribution >= 0.6 is 0 Å². The molecule has 0 amide bonds. The van der Waals surface area contributed by atoms with Crippen molar-refractivity contribution in [2.45, 2.75) is 5.32 Å². The molecule has 0 bridgehead atoms. The summed E-state index contributed by atoms with van der Waals surface area (Å²) in [5.41, 5.74) is 1.32. The Hall–Kier alpha value is -0.461. The van der Waals surface area contributed by atoms with Crippen LogP contribution < -0.4 is 4.74 Å². The molecule has 1 rings (SSSR count). The van der Waals surface area contributed by atoms with Gasteiger partial charge < -0.3 is 0 Å². The van der Waals surface area contributed by atoms with Crippen LogP contribution in [0, 0.1) is 0 Å². The predicted molar refractivity (Wildman–Crippen MR) is 43.8 cm³/mol. The average molecular weight is 201 g/mol. The molecule has 0 N–H and O–H groups in total. The van der Waals surface area contributed by atoms with Gasteiger partial charge in [0, 0.05) is 0 Å². The van der Waals surface area contributed by atoms with Crippen molar-refractivity contribution in [2.24, 2.45) is 0 Å². The third-order valence-electron chi connectivity index (χ3n) is 1.34. The fourth-order valence-corrected chi connectivity index (χ4v) is 1.17. The molecule has 0 aliphatic heterocycles. The average Bonchev–Trinajstić information content (AvgIpc) is 2.05. The van der Waals surface area contributed by atoms with Gasteiger partial charge in [-0.1, -0.05) is 0 Å². The molecular weight excluding hydrogens is 191 g/mol. The second kappa shape index (κ2) is 3.65. The first kappa shape index (κ1) is 7.64. The third kappa shape index (κ3) is 1.76. The molecule has 0 radical (unpaired) electrons. The minimum atomic E-state index is 0.921. The van der Waals surface area contributed by atoms with Crippen molar-refractivity contribution in [3.05, 3.63) is 29.8 Å². The number of methoxy groups -OCH3 is 1. The monoisotopic (exact) mass is 202 g/mol. The van der Waals surface area contributed by atoms with Crippen LogP contribution in [0.25, 0.3) is 0 Å². The van der Waals surface area contributed by atoms with E-state index in [2.05, 4.69) is 28.1 Å². The normalized spacial score (nSPS) is 9.40. The standard InChI is InChI=1S/C8H10OSe/c1-9-8-4-2-7(6-10)3-5-8/h2-5,10H,6H2,1H3. The molecule has 10 heavy (non-hydrogen) atoms. The van der Waals surface area contributed by atoms with Crippen LogP contribution in [0.3, 0.4) is 0 Å². The van der Waals surface area contributed by atoms with Gasteiger partial charge in [-0.05, 0) is 0 Å². The van der Waals surface area contributed by atoms with E-state index < -0.39 is 0 Å². The zero-order valence-corrected chi connectivity index (χ0v) is 7.75. The second-order valence-electron chi connectivity index (χ2n) is 2.01. The Balaban J connectivity index is 2.80. The van der Waals surface area contributed by atoms with E-state index in [0.717, 1.165) is 11.1 Å². The summed E-state index contributed by atoms with van der Waals surface area (Å²) in [6, 6.07) is 8.08. The van der Waals surface area contributed by atoms with E-state index >= 15 is 0 Å². The summed E-state index contributed by atoms with van der Waals surface area (Å²) < 4.78 is 5.01. The molecule has 0 aliphatic carbocycles. The molecule has 54 valence electrons. The Morgan fingerprint density at radius 3 is 2.30 bits per heavy atom. The molecule has 0 spiro atoms. The van der Waals surface area contributed by atoms with Gasteiger partial charge in [0.15, 0.2) is 0 Å². The van der Waals surface area contributed by atoms with Crippen molar-refractivity contribution < 1.29 is 4.74 Å². The van der Waals surface area contributed by atoms with Crippen LogP contribution in [-0.2, 0) is 5.32 Å². The van der Waals surface area contributed by atoms with E-state index in [1.165, 1.54) is 5.56 Å². The van der Waals surface area contributed by atoms with Gasteiger partial charge in [0.05, 0.1) is 0 Å². The number of hydrogen-bond acceptors (Lipinski definition) is 1. The second-order valence-corrected chi connectivity index (χ2v) is 2.67. The van der Waals surface area contributed by atoms with Gasteiger partial charge in [0.2, 0.25) is 0 Å². The number of rotatable bonds is 2. The predicted octanol–water partition coefficient (Wildman–Crippen LogP) is 1.10. The van der Waals surface area contributed by atoms with Gasteiger partial charge in [-0.3, -0.25) is 0 Å². The Morgan fingerprint density at radius 2 is 1.90 bits per heavy atom. The summed E-state index contributed by atoms with van der Waals surface area (Å²) in [5.74, 6) is 0.921. The van der Waals surface area contributed by atoms with Gasteiger partial charge in [-0.15, -0.1) is 0 Å². The number of ether oxygens (including phenoxy) is 1. The van der Waals surface area contributed by atoms with E-state index in [4.69, 9.17) is 4.74 Å². The van der Waals surface area contributed by atoms with Crippen LogP contribution in [0.15, 0.2) is 24.3 Å². The maximum absolute atomic E-state index is 5.01. The molecule has 0 aromatic heterocycles. The van der Waals surface area contributed by atoms with Crippen LogP contribution in [0.2, 0.25) is 0 Å². The van der Waals surface area contributed by atoms with Crippen molar-refractivity contribution in [3.8, 4) is 5.75 Å². The molecular formula is C8H10OSe. The molecule has 0 fully saturated rings. The Bertz CT molecular complexity index is 170. The van der Waals surface area contributed by atoms with Gasteiger partial charge in [0.25, 0.3) is 0 Å². The van der Waals surface area contributed by atoms with Crippen molar-refractivity contribution in [2.75, 3.05) is 7.11 Å². The summed E-state index contributed by atoms with van der Waals surface area (Å²) in [6.07, 6.45) is 0. The number of benzene rings is 1. The SMILES string of the molecule is COc1ccc(C[SeH])cc1. The summed E-state index contributed by atoms with van der Waals surface area (Å²) in [7, 11) is 1.68. The fourth-order valence-electron chi connectivity index (χ4n) is 0.731. The minimum absolute atomic E-state index is 0.921. The molecule has 0 unspecified atom stereocenters. The molecule has 2 heteroatoms. The first-order valence-electron chi connectivity index (χ1n) is 3.10. The zero-order valence-electron chi connectivity index (χ0n) is 5.87.